The van der Waals surface area contributed by atoms with Crippen molar-refractivity contribution in [2.24, 2.45) is 0 Å². The Labute approximate surface area is 182 Å². The summed E-state index contributed by atoms with van der Waals surface area (Å²) >= 11 is 0. The fourth-order valence-electron chi connectivity index (χ4n) is 4.68. The van der Waals surface area contributed by atoms with E-state index in [4.69, 9.17) is 4.98 Å². The zero-order valence-electron chi connectivity index (χ0n) is 17.9. The zero-order valence-corrected chi connectivity index (χ0v) is 17.9. The van der Waals surface area contributed by atoms with Gasteiger partial charge < -0.3 is 10.2 Å². The first-order valence-electron chi connectivity index (χ1n) is 11.2. The number of amides is 1. The van der Waals surface area contributed by atoms with Gasteiger partial charge in [0, 0.05) is 24.8 Å². The minimum Gasteiger partial charge on any atom is -0.349 e. The Morgan fingerprint density at radius 1 is 1.16 bits per heavy atom. The van der Waals surface area contributed by atoms with Crippen LogP contribution in [0.15, 0.2) is 42.6 Å². The predicted octanol–water partition coefficient (Wildman–Crippen LogP) is 3.34. The van der Waals surface area contributed by atoms with Gasteiger partial charge in [0.15, 0.2) is 5.82 Å². The molecular weight excluding hydrogens is 388 g/mol. The van der Waals surface area contributed by atoms with Gasteiger partial charge in [-0.05, 0) is 62.0 Å². The minimum absolute atomic E-state index is 0.0865. The van der Waals surface area contributed by atoms with Crippen LogP contribution < -0.4 is 5.32 Å². The summed E-state index contributed by atoms with van der Waals surface area (Å²) in [6, 6.07) is 12.3. The first-order chi connectivity index (χ1) is 15.2. The Bertz CT molecular complexity index is 1090. The summed E-state index contributed by atoms with van der Waals surface area (Å²) in [7, 11) is 0. The molecule has 1 fully saturated rings. The Morgan fingerprint density at radius 3 is 2.97 bits per heavy atom. The van der Waals surface area contributed by atoms with E-state index in [1.165, 1.54) is 37.9 Å². The summed E-state index contributed by atoms with van der Waals surface area (Å²) in [6.45, 7) is 7.04. The van der Waals surface area contributed by atoms with Gasteiger partial charge in [0.25, 0.3) is 5.91 Å². The van der Waals surface area contributed by atoms with E-state index in [9.17, 15) is 4.79 Å². The summed E-state index contributed by atoms with van der Waals surface area (Å²) in [5, 5.41) is 7.44. The molecule has 1 aromatic carbocycles. The highest BCUT2D eigenvalue weighted by Gasteiger charge is 2.22. The number of piperidine rings is 1. The molecule has 5 rings (SSSR count). The lowest BCUT2D eigenvalue weighted by Gasteiger charge is -2.32. The molecule has 2 aromatic heterocycles. The van der Waals surface area contributed by atoms with Crippen molar-refractivity contribution >= 4 is 5.91 Å². The van der Waals surface area contributed by atoms with Gasteiger partial charge in [0.05, 0.1) is 12.2 Å². The Kier molecular flexibility index (Phi) is 5.51. The molecule has 1 atom stereocenters. The second-order valence-electron chi connectivity index (χ2n) is 8.42. The first-order valence-corrected chi connectivity index (χ1v) is 11.2. The zero-order chi connectivity index (χ0) is 21.2. The van der Waals surface area contributed by atoms with Crippen molar-refractivity contribution in [3.05, 3.63) is 53.9 Å². The average molecular weight is 417 g/mol. The molecule has 7 heteroatoms. The van der Waals surface area contributed by atoms with Crippen molar-refractivity contribution in [1.82, 2.24) is 30.0 Å². The molecule has 0 spiro atoms. The largest absolute Gasteiger partial charge is 0.349 e. The van der Waals surface area contributed by atoms with Crippen LogP contribution in [0.3, 0.4) is 0 Å². The molecule has 2 aliphatic heterocycles. The van der Waals surface area contributed by atoms with Crippen LogP contribution in [0.5, 0.6) is 0 Å². The van der Waals surface area contributed by atoms with Crippen LogP contribution in [0.4, 0.5) is 0 Å². The Balaban J connectivity index is 1.42. The molecule has 1 saturated heterocycles. The minimum atomic E-state index is -0.0865. The quantitative estimate of drug-likeness (QED) is 0.690. The lowest BCUT2D eigenvalue weighted by atomic mass is 9.89. The number of hydrogen-bond acceptors (Lipinski definition) is 5. The summed E-state index contributed by atoms with van der Waals surface area (Å²) in [5.41, 5.74) is 4.40. The fourth-order valence-corrected chi connectivity index (χ4v) is 4.68. The van der Waals surface area contributed by atoms with E-state index >= 15 is 0 Å². The normalized spacial score (nSPS) is 19.1. The van der Waals surface area contributed by atoms with E-state index in [0.717, 1.165) is 17.8 Å². The van der Waals surface area contributed by atoms with Crippen molar-refractivity contribution in [1.29, 1.82) is 0 Å². The van der Waals surface area contributed by atoms with E-state index in [-0.39, 0.29) is 5.91 Å². The third kappa shape index (κ3) is 4.10. The fraction of sp³-hybridized carbons (Fsp3) is 0.417. The highest BCUT2D eigenvalue weighted by Crippen LogP contribution is 2.30. The van der Waals surface area contributed by atoms with E-state index in [1.807, 2.05) is 6.07 Å². The number of nitrogens with zero attached hydrogens (tertiary/aromatic N) is 5. The number of nitrogens with one attached hydrogen (secondary N) is 1. The Hall–Kier alpha value is -3.06. The first kappa shape index (κ1) is 19.9. The molecule has 1 unspecified atom stereocenters. The van der Waals surface area contributed by atoms with Crippen molar-refractivity contribution < 1.29 is 4.79 Å². The average Bonchev–Trinajstić information content (AvgIpc) is 3.26. The number of benzene rings is 1. The van der Waals surface area contributed by atoms with Gasteiger partial charge >= 0.3 is 0 Å². The maximum absolute atomic E-state index is 12.1. The summed E-state index contributed by atoms with van der Waals surface area (Å²) < 4.78 is 1.75. The van der Waals surface area contributed by atoms with Gasteiger partial charge in [0.1, 0.15) is 11.4 Å². The van der Waals surface area contributed by atoms with E-state index < -0.39 is 0 Å². The highest BCUT2D eigenvalue weighted by molar-refractivity contribution is 5.94. The summed E-state index contributed by atoms with van der Waals surface area (Å²) in [6.07, 6.45) is 5.45. The maximum Gasteiger partial charge on any atom is 0.269 e. The van der Waals surface area contributed by atoms with E-state index in [0.29, 0.717) is 36.2 Å². The van der Waals surface area contributed by atoms with Crippen LogP contribution in [0.1, 0.15) is 48.2 Å². The van der Waals surface area contributed by atoms with Gasteiger partial charge in [-0.3, -0.25) is 9.48 Å². The number of carbonyl (C=O) groups excluding carboxylic acids is 1. The van der Waals surface area contributed by atoms with Crippen LogP contribution in [-0.4, -0.2) is 56.7 Å². The maximum atomic E-state index is 12.1. The van der Waals surface area contributed by atoms with Gasteiger partial charge in [-0.2, -0.15) is 5.10 Å². The number of carbonyl (C=O) groups is 1. The molecule has 4 heterocycles. The number of likely N-dealkylation sites (tertiary alicyclic amines) is 1. The second kappa shape index (κ2) is 8.59. The van der Waals surface area contributed by atoms with Crippen LogP contribution in [0.25, 0.3) is 22.8 Å². The van der Waals surface area contributed by atoms with Crippen molar-refractivity contribution in [3.8, 4) is 22.8 Å². The van der Waals surface area contributed by atoms with Crippen LogP contribution in [-0.2, 0) is 6.54 Å². The monoisotopic (exact) mass is 416 g/mol. The number of aromatic nitrogens is 4. The molecule has 7 nitrogen and oxygen atoms in total. The van der Waals surface area contributed by atoms with Crippen molar-refractivity contribution in [2.75, 3.05) is 26.2 Å². The summed E-state index contributed by atoms with van der Waals surface area (Å²) in [5.74, 6) is 1.16. The van der Waals surface area contributed by atoms with Crippen LogP contribution in [0.2, 0.25) is 0 Å². The van der Waals surface area contributed by atoms with E-state index in [2.05, 4.69) is 51.5 Å². The molecule has 0 aliphatic carbocycles. The van der Waals surface area contributed by atoms with E-state index in [1.54, 1.807) is 16.9 Å². The van der Waals surface area contributed by atoms with Gasteiger partial charge in [0.2, 0.25) is 0 Å². The van der Waals surface area contributed by atoms with Gasteiger partial charge in [-0.15, -0.1) is 0 Å². The van der Waals surface area contributed by atoms with Crippen molar-refractivity contribution in [3.63, 3.8) is 0 Å². The topological polar surface area (TPSA) is 75.9 Å². The predicted molar refractivity (Wildman–Crippen MR) is 120 cm³/mol. The third-order valence-electron chi connectivity index (χ3n) is 6.20. The lowest BCUT2D eigenvalue weighted by Crippen LogP contribution is -2.35. The van der Waals surface area contributed by atoms with Crippen LogP contribution >= 0.6 is 0 Å². The molecule has 0 bridgehead atoms. The molecule has 1 N–H and O–H groups in total. The molecule has 31 heavy (non-hydrogen) atoms. The molecule has 0 saturated carbocycles. The van der Waals surface area contributed by atoms with Gasteiger partial charge in [-0.25, -0.2) is 9.97 Å². The third-order valence-corrected chi connectivity index (χ3v) is 6.20. The molecule has 160 valence electrons. The van der Waals surface area contributed by atoms with Crippen LogP contribution in [0, 0.1) is 0 Å². The molecule has 1 amide bonds. The summed E-state index contributed by atoms with van der Waals surface area (Å²) in [4.78, 5) is 24.0. The molecule has 0 radical (unpaired) electrons. The molecule has 2 aliphatic rings. The Morgan fingerprint density at radius 2 is 2.10 bits per heavy atom. The number of rotatable bonds is 5. The number of hydrogen-bond donors (Lipinski definition) is 1. The molecular formula is C24H28N6O. The molecule has 3 aromatic rings. The lowest BCUT2D eigenvalue weighted by molar-refractivity contribution is 0.0924. The number of fused-ring (bicyclic) bond motifs is 1. The van der Waals surface area contributed by atoms with Crippen molar-refractivity contribution in [2.45, 2.75) is 38.6 Å². The highest BCUT2D eigenvalue weighted by atomic mass is 16.2. The second-order valence-corrected chi connectivity index (χ2v) is 8.42. The van der Waals surface area contributed by atoms with Gasteiger partial charge in [-0.1, -0.05) is 25.1 Å². The smallest absolute Gasteiger partial charge is 0.269 e. The standard InChI is InChI=1S/C24H28N6O/c1-2-11-29-12-4-7-19(16-29)17-5-3-6-18(14-17)23-25-9-8-20(27-23)21-15-22-24(31)26-10-13-30(22)28-21/h3,5-6,8-9,14-15,19H,2,4,7,10-13,16H2,1H3,(H,26,31). The SMILES string of the molecule is CCCN1CCCC(c2cccc(-c3nccc(-c4cc5n(n4)CCNC5=O)n3)c2)C1.